The Morgan fingerprint density at radius 3 is 2.13 bits per heavy atom. The normalized spacial score (nSPS) is 14.7. The zero-order chi connectivity index (χ0) is 10.3. The maximum Gasteiger partial charge on any atom is 0.242 e. The number of halogens is 1. The molecule has 1 aromatic rings. The summed E-state index contributed by atoms with van der Waals surface area (Å²) in [5, 5.41) is 0. The van der Waals surface area contributed by atoms with E-state index < -0.39 is 11.6 Å². The van der Waals surface area contributed by atoms with Crippen LogP contribution < -0.4 is 5.73 Å². The Kier molecular flexibility index (Phi) is 3.06. The van der Waals surface area contributed by atoms with Gasteiger partial charge < -0.3 is 11.2 Å². The maximum atomic E-state index is 11.5. The Bertz CT molecular complexity index is 479. The Balaban J connectivity index is 0.00000112. The van der Waals surface area contributed by atoms with E-state index in [9.17, 15) is 9.59 Å². The van der Waals surface area contributed by atoms with Crippen LogP contribution in [-0.2, 0) is 4.79 Å². The van der Waals surface area contributed by atoms with Gasteiger partial charge in [0.15, 0.2) is 0 Å². The molecule has 0 bridgehead atoms. The van der Waals surface area contributed by atoms with Crippen molar-refractivity contribution in [2.75, 3.05) is 0 Å². The number of fused-ring (bicyclic) bond motifs is 1. The SMILES string of the molecule is NC1=C(Br)C(=O)C(=O)c2ccccc21.O. The van der Waals surface area contributed by atoms with Gasteiger partial charge in [-0.3, -0.25) is 9.59 Å². The third-order valence-electron chi connectivity index (χ3n) is 2.10. The van der Waals surface area contributed by atoms with E-state index >= 15 is 0 Å². The molecule has 4 N–H and O–H groups in total. The first-order valence-electron chi connectivity index (χ1n) is 3.96. The van der Waals surface area contributed by atoms with Crippen LogP contribution in [0.3, 0.4) is 0 Å². The van der Waals surface area contributed by atoms with Crippen molar-refractivity contribution in [2.24, 2.45) is 5.73 Å². The number of rotatable bonds is 0. The highest BCUT2D eigenvalue weighted by molar-refractivity contribution is 9.12. The third-order valence-corrected chi connectivity index (χ3v) is 2.89. The summed E-state index contributed by atoms with van der Waals surface area (Å²) < 4.78 is 0.154. The fourth-order valence-electron chi connectivity index (χ4n) is 1.38. The molecule has 1 aliphatic carbocycles. The molecule has 0 heterocycles. The van der Waals surface area contributed by atoms with E-state index in [2.05, 4.69) is 15.9 Å². The lowest BCUT2D eigenvalue weighted by atomic mass is 9.93. The van der Waals surface area contributed by atoms with Gasteiger partial charge in [0.1, 0.15) is 0 Å². The van der Waals surface area contributed by atoms with Gasteiger partial charge in [-0.25, -0.2) is 0 Å². The molecule has 78 valence electrons. The minimum absolute atomic E-state index is 0. The molecule has 5 heteroatoms. The van der Waals surface area contributed by atoms with Crippen molar-refractivity contribution in [1.29, 1.82) is 0 Å². The van der Waals surface area contributed by atoms with Gasteiger partial charge in [0, 0.05) is 11.1 Å². The maximum absolute atomic E-state index is 11.5. The van der Waals surface area contributed by atoms with E-state index in [1.54, 1.807) is 24.3 Å². The van der Waals surface area contributed by atoms with Gasteiger partial charge in [-0.1, -0.05) is 24.3 Å². The predicted molar refractivity (Wildman–Crippen MR) is 59.4 cm³/mol. The van der Waals surface area contributed by atoms with Crippen LogP contribution in [0.5, 0.6) is 0 Å². The molecule has 4 nitrogen and oxygen atoms in total. The van der Waals surface area contributed by atoms with E-state index in [0.717, 1.165) is 0 Å². The molecule has 0 amide bonds. The van der Waals surface area contributed by atoms with Gasteiger partial charge in [-0.2, -0.15) is 0 Å². The largest absolute Gasteiger partial charge is 0.412 e. The summed E-state index contributed by atoms with van der Waals surface area (Å²) in [4.78, 5) is 22.9. The summed E-state index contributed by atoms with van der Waals surface area (Å²) in [7, 11) is 0. The van der Waals surface area contributed by atoms with Gasteiger partial charge in [0.05, 0.1) is 10.2 Å². The van der Waals surface area contributed by atoms with Crippen LogP contribution in [0.1, 0.15) is 15.9 Å². The Morgan fingerprint density at radius 2 is 1.53 bits per heavy atom. The highest BCUT2D eigenvalue weighted by atomic mass is 79.9. The number of carbonyl (C=O) groups excluding carboxylic acids is 2. The van der Waals surface area contributed by atoms with Crippen LogP contribution in [-0.4, -0.2) is 17.0 Å². The van der Waals surface area contributed by atoms with E-state index in [0.29, 0.717) is 16.8 Å². The second kappa shape index (κ2) is 3.96. The highest BCUT2D eigenvalue weighted by Crippen LogP contribution is 2.28. The average Bonchev–Trinajstić information content (AvgIpc) is 2.23. The van der Waals surface area contributed by atoms with Crippen molar-refractivity contribution in [3.8, 4) is 0 Å². The molecule has 0 spiro atoms. The van der Waals surface area contributed by atoms with Crippen LogP contribution in [0.15, 0.2) is 28.7 Å². The molecular formula is C10H8BrNO3. The summed E-state index contributed by atoms with van der Waals surface area (Å²) in [5.41, 5.74) is 7.01. The molecule has 0 aliphatic heterocycles. The molecule has 15 heavy (non-hydrogen) atoms. The van der Waals surface area contributed by atoms with Gasteiger partial charge in [0.2, 0.25) is 11.6 Å². The first-order chi connectivity index (χ1) is 6.63. The lowest BCUT2D eigenvalue weighted by molar-refractivity contribution is -0.111. The number of hydrogen-bond acceptors (Lipinski definition) is 3. The molecule has 1 aliphatic rings. The van der Waals surface area contributed by atoms with Crippen molar-refractivity contribution in [2.45, 2.75) is 0 Å². The standard InChI is InChI=1S/C10H6BrNO2.H2O/c11-7-8(12)5-3-1-2-4-6(5)9(13)10(7)14;/h1-4H,12H2;1H2. The monoisotopic (exact) mass is 269 g/mol. The second-order valence-electron chi connectivity index (χ2n) is 2.93. The van der Waals surface area contributed by atoms with Crippen molar-refractivity contribution < 1.29 is 15.1 Å². The van der Waals surface area contributed by atoms with Crippen LogP contribution >= 0.6 is 15.9 Å². The molecular weight excluding hydrogens is 262 g/mol. The number of hydrogen-bond donors (Lipinski definition) is 1. The number of benzene rings is 1. The summed E-state index contributed by atoms with van der Waals surface area (Å²) in [6, 6.07) is 6.80. The number of allylic oxidation sites excluding steroid dienone is 1. The molecule has 0 saturated heterocycles. The topological polar surface area (TPSA) is 91.7 Å². The van der Waals surface area contributed by atoms with Crippen molar-refractivity contribution in [1.82, 2.24) is 0 Å². The fraction of sp³-hybridized carbons (Fsp3) is 0. The molecule has 1 aromatic carbocycles. The Morgan fingerprint density at radius 1 is 1.00 bits per heavy atom. The molecule has 0 fully saturated rings. The first-order valence-corrected chi connectivity index (χ1v) is 4.76. The molecule has 0 unspecified atom stereocenters. The fourth-order valence-corrected chi connectivity index (χ4v) is 1.77. The molecule has 0 atom stereocenters. The quantitative estimate of drug-likeness (QED) is 0.701. The molecule has 0 aromatic heterocycles. The van der Waals surface area contributed by atoms with E-state index in [4.69, 9.17) is 5.73 Å². The summed E-state index contributed by atoms with van der Waals surface area (Å²) in [5.74, 6) is -1.09. The van der Waals surface area contributed by atoms with Crippen LogP contribution in [0.2, 0.25) is 0 Å². The number of Topliss-reactive ketones (excluding diaryl/α,β-unsaturated/α-hetero) is 2. The van der Waals surface area contributed by atoms with Gasteiger partial charge in [-0.05, 0) is 15.9 Å². The van der Waals surface area contributed by atoms with Crippen molar-refractivity contribution >= 4 is 33.2 Å². The van der Waals surface area contributed by atoms with Gasteiger partial charge in [-0.15, -0.1) is 0 Å². The molecule has 2 rings (SSSR count). The van der Waals surface area contributed by atoms with Crippen LogP contribution in [0.25, 0.3) is 5.70 Å². The van der Waals surface area contributed by atoms with Crippen molar-refractivity contribution in [3.05, 3.63) is 39.9 Å². The minimum Gasteiger partial charge on any atom is -0.412 e. The number of ketones is 2. The lowest BCUT2D eigenvalue weighted by Crippen LogP contribution is -2.23. The predicted octanol–water partition coefficient (Wildman–Crippen LogP) is 0.649. The number of nitrogens with two attached hydrogens (primary N) is 1. The van der Waals surface area contributed by atoms with E-state index in [1.165, 1.54) is 0 Å². The summed E-state index contributed by atoms with van der Waals surface area (Å²) in [6.45, 7) is 0. The molecule has 0 saturated carbocycles. The zero-order valence-corrected chi connectivity index (χ0v) is 9.17. The molecule has 0 radical (unpaired) electrons. The van der Waals surface area contributed by atoms with Gasteiger partial charge in [0.25, 0.3) is 0 Å². The third kappa shape index (κ3) is 1.60. The second-order valence-corrected chi connectivity index (χ2v) is 3.72. The minimum atomic E-state index is -0.582. The zero-order valence-electron chi connectivity index (χ0n) is 7.58. The average molecular weight is 270 g/mol. The number of carbonyl (C=O) groups is 2. The van der Waals surface area contributed by atoms with E-state index in [1.807, 2.05) is 0 Å². The Hall–Kier alpha value is -1.46. The highest BCUT2D eigenvalue weighted by Gasteiger charge is 2.29. The van der Waals surface area contributed by atoms with Crippen LogP contribution in [0, 0.1) is 0 Å². The Labute approximate surface area is 94.2 Å². The van der Waals surface area contributed by atoms with Crippen molar-refractivity contribution in [3.63, 3.8) is 0 Å². The summed E-state index contributed by atoms with van der Waals surface area (Å²) in [6.07, 6.45) is 0. The smallest absolute Gasteiger partial charge is 0.242 e. The van der Waals surface area contributed by atoms with E-state index in [-0.39, 0.29) is 9.96 Å². The van der Waals surface area contributed by atoms with Crippen LogP contribution in [0.4, 0.5) is 0 Å². The first kappa shape index (κ1) is 11.6. The summed E-state index contributed by atoms with van der Waals surface area (Å²) >= 11 is 3.01. The van der Waals surface area contributed by atoms with Gasteiger partial charge >= 0.3 is 0 Å². The lowest BCUT2D eigenvalue weighted by Gasteiger charge is -2.14.